The largest absolute Gasteiger partial charge is 0.158 e. The zero-order valence-electron chi connectivity index (χ0n) is 6.08. The summed E-state index contributed by atoms with van der Waals surface area (Å²) in [5.74, 6) is 0.430. The standard InChI is InChI=1S/C8H7BrN2/c1-5-2-6(9)3-8-7(5)4-10-11-8/h2-5H,1H3. The van der Waals surface area contributed by atoms with Crippen LogP contribution in [-0.4, -0.2) is 0 Å². The molecular weight excluding hydrogens is 204 g/mol. The summed E-state index contributed by atoms with van der Waals surface area (Å²) in [4.78, 5) is 0. The molecule has 1 unspecified atom stereocenters. The molecule has 0 spiro atoms. The molecule has 0 saturated heterocycles. The molecule has 1 aliphatic heterocycles. The van der Waals surface area contributed by atoms with Crippen molar-refractivity contribution in [1.82, 2.24) is 0 Å². The first-order valence-corrected chi connectivity index (χ1v) is 4.27. The van der Waals surface area contributed by atoms with Crippen LogP contribution in [0.3, 0.4) is 0 Å². The van der Waals surface area contributed by atoms with E-state index < -0.39 is 0 Å². The third-order valence-corrected chi connectivity index (χ3v) is 2.33. The lowest BCUT2D eigenvalue weighted by Crippen LogP contribution is -2.00. The summed E-state index contributed by atoms with van der Waals surface area (Å²) in [7, 11) is 0. The van der Waals surface area contributed by atoms with Gasteiger partial charge in [0, 0.05) is 16.0 Å². The second-order valence-corrected chi connectivity index (χ2v) is 3.59. The Morgan fingerprint density at radius 2 is 2.36 bits per heavy atom. The Bertz CT molecular complexity index is 310. The fraction of sp³-hybridized carbons (Fsp3) is 0.250. The smallest absolute Gasteiger partial charge is 0.0921 e. The Balaban J connectivity index is 2.46. The maximum atomic E-state index is 3.98. The molecule has 0 saturated carbocycles. The summed E-state index contributed by atoms with van der Waals surface area (Å²) in [5.41, 5.74) is 2.21. The van der Waals surface area contributed by atoms with Crippen LogP contribution in [0.1, 0.15) is 6.92 Å². The Morgan fingerprint density at radius 3 is 3.18 bits per heavy atom. The Morgan fingerprint density at radius 1 is 1.55 bits per heavy atom. The van der Waals surface area contributed by atoms with Crippen molar-refractivity contribution in [3.05, 3.63) is 34.1 Å². The van der Waals surface area contributed by atoms with Crippen molar-refractivity contribution in [2.24, 2.45) is 16.1 Å². The second kappa shape index (κ2) is 2.41. The molecule has 2 aliphatic rings. The van der Waals surface area contributed by atoms with Gasteiger partial charge in [-0.3, -0.25) is 0 Å². The Labute approximate surface area is 73.5 Å². The number of rotatable bonds is 0. The highest BCUT2D eigenvalue weighted by Crippen LogP contribution is 2.34. The molecule has 3 heteroatoms. The first kappa shape index (κ1) is 6.98. The molecule has 2 rings (SSSR count). The molecule has 2 nitrogen and oxygen atoms in total. The number of halogens is 1. The lowest BCUT2D eigenvalue weighted by molar-refractivity contribution is 0.863. The minimum absolute atomic E-state index is 0.430. The summed E-state index contributed by atoms with van der Waals surface area (Å²) in [6.45, 7) is 2.14. The van der Waals surface area contributed by atoms with E-state index in [2.05, 4.69) is 39.2 Å². The zero-order chi connectivity index (χ0) is 7.84. The van der Waals surface area contributed by atoms with E-state index in [1.54, 1.807) is 0 Å². The molecule has 0 aromatic rings. The molecule has 1 atom stereocenters. The first-order chi connectivity index (χ1) is 5.27. The van der Waals surface area contributed by atoms with Crippen LogP contribution in [-0.2, 0) is 0 Å². The number of azo groups is 1. The van der Waals surface area contributed by atoms with Crippen molar-refractivity contribution in [1.29, 1.82) is 0 Å². The van der Waals surface area contributed by atoms with Crippen LogP contribution in [0, 0.1) is 5.92 Å². The number of nitrogens with zero attached hydrogens (tertiary/aromatic N) is 2. The molecule has 0 radical (unpaired) electrons. The van der Waals surface area contributed by atoms with E-state index in [0.29, 0.717) is 5.92 Å². The van der Waals surface area contributed by atoms with E-state index in [1.165, 1.54) is 5.57 Å². The summed E-state index contributed by atoms with van der Waals surface area (Å²) < 4.78 is 1.10. The van der Waals surface area contributed by atoms with Crippen molar-refractivity contribution < 1.29 is 0 Å². The predicted octanol–water partition coefficient (Wildman–Crippen LogP) is 3.15. The minimum atomic E-state index is 0.430. The normalized spacial score (nSPS) is 27.5. The Hall–Kier alpha value is -0.700. The van der Waals surface area contributed by atoms with Crippen molar-refractivity contribution in [3.8, 4) is 0 Å². The molecule has 56 valence electrons. The third-order valence-electron chi connectivity index (χ3n) is 1.83. The topological polar surface area (TPSA) is 24.7 Å². The molecule has 0 fully saturated rings. The third kappa shape index (κ3) is 1.09. The van der Waals surface area contributed by atoms with Gasteiger partial charge in [-0.25, -0.2) is 0 Å². The van der Waals surface area contributed by atoms with Crippen LogP contribution < -0.4 is 0 Å². The number of allylic oxidation sites excluding steroid dienone is 4. The van der Waals surface area contributed by atoms with Crippen LogP contribution >= 0.6 is 15.9 Å². The fourth-order valence-electron chi connectivity index (χ4n) is 1.25. The van der Waals surface area contributed by atoms with Gasteiger partial charge in [0.1, 0.15) is 0 Å². The molecule has 11 heavy (non-hydrogen) atoms. The van der Waals surface area contributed by atoms with Gasteiger partial charge < -0.3 is 0 Å². The first-order valence-electron chi connectivity index (χ1n) is 3.47. The van der Waals surface area contributed by atoms with Gasteiger partial charge in [0.05, 0.1) is 11.9 Å². The van der Waals surface area contributed by atoms with Crippen LogP contribution in [0.15, 0.2) is 44.3 Å². The average molecular weight is 211 g/mol. The zero-order valence-corrected chi connectivity index (χ0v) is 7.67. The van der Waals surface area contributed by atoms with E-state index in [-0.39, 0.29) is 0 Å². The van der Waals surface area contributed by atoms with Crippen molar-refractivity contribution in [2.75, 3.05) is 0 Å². The molecule has 1 aliphatic carbocycles. The highest BCUT2D eigenvalue weighted by Gasteiger charge is 2.19. The van der Waals surface area contributed by atoms with Gasteiger partial charge in [-0.1, -0.05) is 28.9 Å². The molecule has 0 amide bonds. The van der Waals surface area contributed by atoms with Crippen molar-refractivity contribution >= 4 is 15.9 Å². The van der Waals surface area contributed by atoms with E-state index >= 15 is 0 Å². The lowest BCUT2D eigenvalue weighted by atomic mass is 9.95. The lowest BCUT2D eigenvalue weighted by Gasteiger charge is -2.12. The molecule has 0 N–H and O–H groups in total. The molecule has 0 bridgehead atoms. The maximum absolute atomic E-state index is 3.98. The molecule has 1 heterocycles. The number of fused-ring (bicyclic) bond motifs is 1. The van der Waals surface area contributed by atoms with Gasteiger partial charge in [0.15, 0.2) is 0 Å². The van der Waals surface area contributed by atoms with Crippen LogP contribution in [0.2, 0.25) is 0 Å². The number of hydrogen-bond donors (Lipinski definition) is 0. The summed E-state index contributed by atoms with van der Waals surface area (Å²) in [6.07, 6.45) is 5.96. The summed E-state index contributed by atoms with van der Waals surface area (Å²) in [5, 5.41) is 7.83. The quantitative estimate of drug-likeness (QED) is 0.587. The van der Waals surface area contributed by atoms with Gasteiger partial charge in [0.25, 0.3) is 0 Å². The van der Waals surface area contributed by atoms with Gasteiger partial charge in [-0.2, -0.15) is 10.2 Å². The SMILES string of the molecule is CC1C=C(Br)C=C2N=NC=C21. The Kier molecular flexibility index (Phi) is 1.53. The monoisotopic (exact) mass is 210 g/mol. The summed E-state index contributed by atoms with van der Waals surface area (Å²) >= 11 is 3.42. The highest BCUT2D eigenvalue weighted by molar-refractivity contribution is 9.11. The van der Waals surface area contributed by atoms with Gasteiger partial charge in [-0.05, 0) is 6.08 Å². The van der Waals surface area contributed by atoms with Gasteiger partial charge in [-0.15, -0.1) is 0 Å². The van der Waals surface area contributed by atoms with Crippen LogP contribution in [0.25, 0.3) is 0 Å². The van der Waals surface area contributed by atoms with Crippen LogP contribution in [0.4, 0.5) is 0 Å². The van der Waals surface area contributed by atoms with E-state index in [4.69, 9.17) is 0 Å². The van der Waals surface area contributed by atoms with Gasteiger partial charge >= 0.3 is 0 Å². The van der Waals surface area contributed by atoms with Crippen molar-refractivity contribution in [2.45, 2.75) is 6.92 Å². The molecule has 0 aromatic heterocycles. The predicted molar refractivity (Wildman–Crippen MR) is 47.2 cm³/mol. The highest BCUT2D eigenvalue weighted by atomic mass is 79.9. The summed E-state index contributed by atoms with van der Waals surface area (Å²) in [6, 6.07) is 0. The fourth-order valence-corrected chi connectivity index (χ4v) is 1.86. The minimum Gasteiger partial charge on any atom is -0.158 e. The van der Waals surface area contributed by atoms with Crippen molar-refractivity contribution in [3.63, 3.8) is 0 Å². The van der Waals surface area contributed by atoms with Crippen LogP contribution in [0.5, 0.6) is 0 Å². The van der Waals surface area contributed by atoms with E-state index in [0.717, 1.165) is 10.2 Å². The van der Waals surface area contributed by atoms with E-state index in [1.807, 2.05) is 12.3 Å². The second-order valence-electron chi connectivity index (χ2n) is 2.67. The molecule has 0 aromatic carbocycles. The number of hydrogen-bond acceptors (Lipinski definition) is 2. The average Bonchev–Trinajstić information content (AvgIpc) is 2.34. The maximum Gasteiger partial charge on any atom is 0.0921 e. The molecular formula is C8H7BrN2. The van der Waals surface area contributed by atoms with Gasteiger partial charge in [0.2, 0.25) is 0 Å². The van der Waals surface area contributed by atoms with E-state index in [9.17, 15) is 0 Å².